The third-order valence-corrected chi connectivity index (χ3v) is 2.36. The summed E-state index contributed by atoms with van der Waals surface area (Å²) in [5.41, 5.74) is 7.38. The van der Waals surface area contributed by atoms with Gasteiger partial charge in [0.25, 0.3) is 0 Å². The summed E-state index contributed by atoms with van der Waals surface area (Å²) < 4.78 is 4.99. The van der Waals surface area contributed by atoms with Crippen molar-refractivity contribution >= 4 is 5.97 Å². The van der Waals surface area contributed by atoms with E-state index in [-0.39, 0.29) is 6.54 Å². The van der Waals surface area contributed by atoms with Crippen molar-refractivity contribution in [3.8, 4) is 16.9 Å². The van der Waals surface area contributed by atoms with Crippen molar-refractivity contribution in [1.82, 2.24) is 0 Å². The second kappa shape index (κ2) is 5.27. The third-order valence-electron chi connectivity index (χ3n) is 2.36. The fourth-order valence-electron chi connectivity index (χ4n) is 1.52. The molecule has 0 fully saturated rings. The highest BCUT2D eigenvalue weighted by atomic mass is 16.5. The van der Waals surface area contributed by atoms with Crippen molar-refractivity contribution in [3.63, 3.8) is 0 Å². The molecule has 0 aliphatic heterocycles. The lowest BCUT2D eigenvalue weighted by atomic mass is 10.1. The summed E-state index contributed by atoms with van der Waals surface area (Å²) in [5.74, 6) is 0.0811. The van der Waals surface area contributed by atoms with Gasteiger partial charge in [0, 0.05) is 0 Å². The minimum absolute atomic E-state index is 0.111. The fourth-order valence-corrected chi connectivity index (χ4v) is 1.52. The number of hydrogen-bond acceptors (Lipinski definition) is 3. The van der Waals surface area contributed by atoms with Crippen LogP contribution >= 0.6 is 0 Å². The Labute approximate surface area is 99.8 Å². The Balaban J connectivity index is 2.16. The average Bonchev–Trinajstić information content (AvgIpc) is 2.40. The number of carbonyl (C=O) groups is 1. The van der Waals surface area contributed by atoms with Gasteiger partial charge in [-0.05, 0) is 23.3 Å². The summed E-state index contributed by atoms with van der Waals surface area (Å²) in [4.78, 5) is 11.0. The first-order chi connectivity index (χ1) is 8.29. The summed E-state index contributed by atoms with van der Waals surface area (Å²) in [6.07, 6.45) is 0. The van der Waals surface area contributed by atoms with Gasteiger partial charge >= 0.3 is 5.97 Å². The van der Waals surface area contributed by atoms with Gasteiger partial charge in [0.15, 0.2) is 0 Å². The van der Waals surface area contributed by atoms with Crippen LogP contribution in [-0.2, 0) is 4.79 Å². The predicted octanol–water partition coefficient (Wildman–Crippen LogP) is 2.22. The van der Waals surface area contributed by atoms with Crippen LogP contribution in [0.2, 0.25) is 0 Å². The number of ether oxygens (including phenoxy) is 1. The molecule has 0 bridgehead atoms. The van der Waals surface area contributed by atoms with E-state index in [1.807, 2.05) is 42.5 Å². The molecule has 0 saturated heterocycles. The van der Waals surface area contributed by atoms with Crippen LogP contribution in [0.4, 0.5) is 0 Å². The summed E-state index contributed by atoms with van der Waals surface area (Å²) in [6, 6.07) is 17.3. The van der Waals surface area contributed by atoms with Crippen LogP contribution in [0.15, 0.2) is 54.6 Å². The Morgan fingerprint density at radius 3 is 2.12 bits per heavy atom. The first-order valence-electron chi connectivity index (χ1n) is 5.36. The van der Waals surface area contributed by atoms with Gasteiger partial charge < -0.3 is 10.5 Å². The number of carbonyl (C=O) groups excluding carboxylic acids is 1. The molecular formula is C14H13NO2. The van der Waals surface area contributed by atoms with E-state index in [0.717, 1.165) is 11.1 Å². The molecule has 0 radical (unpaired) electrons. The van der Waals surface area contributed by atoms with Crippen molar-refractivity contribution < 1.29 is 9.53 Å². The van der Waals surface area contributed by atoms with Gasteiger partial charge in [0.1, 0.15) is 5.75 Å². The minimum Gasteiger partial charge on any atom is -0.426 e. The van der Waals surface area contributed by atoms with Gasteiger partial charge in [-0.3, -0.25) is 4.79 Å². The molecule has 86 valence electrons. The molecule has 17 heavy (non-hydrogen) atoms. The molecule has 0 amide bonds. The lowest BCUT2D eigenvalue weighted by molar-refractivity contribution is -0.132. The van der Waals surface area contributed by atoms with Crippen LogP contribution in [0, 0.1) is 0 Å². The first-order valence-corrected chi connectivity index (χ1v) is 5.36. The van der Waals surface area contributed by atoms with E-state index in [1.54, 1.807) is 12.1 Å². The Morgan fingerprint density at radius 1 is 0.941 bits per heavy atom. The van der Waals surface area contributed by atoms with Gasteiger partial charge in [-0.15, -0.1) is 0 Å². The molecule has 0 aliphatic carbocycles. The molecule has 3 nitrogen and oxygen atoms in total. The van der Waals surface area contributed by atoms with Crippen LogP contribution in [0.5, 0.6) is 5.75 Å². The SMILES string of the molecule is NCC(=O)Oc1ccc(-c2ccccc2)cc1. The van der Waals surface area contributed by atoms with Crippen molar-refractivity contribution in [2.75, 3.05) is 6.54 Å². The quantitative estimate of drug-likeness (QED) is 0.646. The van der Waals surface area contributed by atoms with Crippen LogP contribution in [0.3, 0.4) is 0 Å². The first kappa shape index (κ1) is 11.4. The zero-order valence-electron chi connectivity index (χ0n) is 9.30. The Bertz CT molecular complexity index is 491. The maximum atomic E-state index is 11.0. The lowest BCUT2D eigenvalue weighted by Gasteiger charge is -2.04. The molecule has 0 atom stereocenters. The van der Waals surface area contributed by atoms with Gasteiger partial charge in [0.05, 0.1) is 6.54 Å². The largest absolute Gasteiger partial charge is 0.426 e. The van der Waals surface area contributed by atoms with E-state index >= 15 is 0 Å². The normalized spacial score (nSPS) is 9.94. The Kier molecular flexibility index (Phi) is 3.52. The minimum atomic E-state index is -0.433. The van der Waals surface area contributed by atoms with E-state index in [9.17, 15) is 4.79 Å². The summed E-state index contributed by atoms with van der Waals surface area (Å²) >= 11 is 0. The van der Waals surface area contributed by atoms with E-state index in [0.29, 0.717) is 5.75 Å². The molecule has 2 aromatic rings. The standard InChI is InChI=1S/C14H13NO2/c15-10-14(16)17-13-8-6-12(7-9-13)11-4-2-1-3-5-11/h1-9H,10,15H2. The molecule has 0 aliphatic rings. The highest BCUT2D eigenvalue weighted by Crippen LogP contribution is 2.21. The predicted molar refractivity (Wildman–Crippen MR) is 66.6 cm³/mol. The van der Waals surface area contributed by atoms with Crippen LogP contribution < -0.4 is 10.5 Å². The molecule has 0 spiro atoms. The number of benzene rings is 2. The topological polar surface area (TPSA) is 52.3 Å². The smallest absolute Gasteiger partial charge is 0.325 e. The highest BCUT2D eigenvalue weighted by Gasteiger charge is 2.02. The molecule has 0 unspecified atom stereocenters. The van der Waals surface area contributed by atoms with Crippen molar-refractivity contribution in [2.24, 2.45) is 5.73 Å². The highest BCUT2D eigenvalue weighted by molar-refractivity contribution is 5.74. The lowest BCUT2D eigenvalue weighted by Crippen LogP contribution is -2.19. The maximum absolute atomic E-state index is 11.0. The Morgan fingerprint density at radius 2 is 1.53 bits per heavy atom. The molecule has 2 N–H and O–H groups in total. The van der Waals surface area contributed by atoms with Crippen molar-refractivity contribution in [2.45, 2.75) is 0 Å². The third kappa shape index (κ3) is 2.92. The van der Waals surface area contributed by atoms with Crippen molar-refractivity contribution in [1.29, 1.82) is 0 Å². The fraction of sp³-hybridized carbons (Fsp3) is 0.0714. The van der Waals surface area contributed by atoms with Gasteiger partial charge in [-0.25, -0.2) is 0 Å². The molecule has 3 heteroatoms. The molecule has 2 aromatic carbocycles. The van der Waals surface area contributed by atoms with E-state index in [2.05, 4.69) is 0 Å². The average molecular weight is 227 g/mol. The number of hydrogen-bond donors (Lipinski definition) is 1. The van der Waals surface area contributed by atoms with Gasteiger partial charge in [0.2, 0.25) is 0 Å². The summed E-state index contributed by atoms with van der Waals surface area (Å²) in [6.45, 7) is -0.111. The van der Waals surface area contributed by atoms with Crippen LogP contribution in [0.25, 0.3) is 11.1 Å². The molecule has 2 rings (SSSR count). The van der Waals surface area contributed by atoms with Gasteiger partial charge in [-0.2, -0.15) is 0 Å². The van der Waals surface area contributed by atoms with Gasteiger partial charge in [-0.1, -0.05) is 42.5 Å². The van der Waals surface area contributed by atoms with Crippen molar-refractivity contribution in [3.05, 3.63) is 54.6 Å². The molecule has 0 heterocycles. The number of rotatable bonds is 3. The molecule has 0 saturated carbocycles. The maximum Gasteiger partial charge on any atom is 0.325 e. The van der Waals surface area contributed by atoms with E-state index in [1.165, 1.54) is 0 Å². The number of esters is 1. The number of nitrogens with two attached hydrogens (primary N) is 1. The summed E-state index contributed by atoms with van der Waals surface area (Å²) in [5, 5.41) is 0. The van der Waals surface area contributed by atoms with E-state index < -0.39 is 5.97 Å². The second-order valence-electron chi connectivity index (χ2n) is 3.57. The zero-order valence-corrected chi connectivity index (χ0v) is 9.30. The molecule has 0 aromatic heterocycles. The summed E-state index contributed by atoms with van der Waals surface area (Å²) in [7, 11) is 0. The van der Waals surface area contributed by atoms with E-state index in [4.69, 9.17) is 10.5 Å². The molecular weight excluding hydrogens is 214 g/mol. The Hall–Kier alpha value is -2.13. The van der Waals surface area contributed by atoms with Crippen LogP contribution in [-0.4, -0.2) is 12.5 Å². The second-order valence-corrected chi connectivity index (χ2v) is 3.57. The van der Waals surface area contributed by atoms with Crippen LogP contribution in [0.1, 0.15) is 0 Å². The zero-order chi connectivity index (χ0) is 12.1. The monoisotopic (exact) mass is 227 g/mol.